The number of carbonyl (C=O) groups is 2. The summed E-state index contributed by atoms with van der Waals surface area (Å²) in [6.45, 7) is 0. The molecule has 2 aromatic carbocycles. The van der Waals surface area contributed by atoms with Crippen LogP contribution in [0.25, 0.3) is 11.3 Å². The zero-order valence-corrected chi connectivity index (χ0v) is 13.0. The van der Waals surface area contributed by atoms with Gasteiger partial charge in [0.1, 0.15) is 10.6 Å². The summed E-state index contributed by atoms with van der Waals surface area (Å²) in [6, 6.07) is 14.5. The topological polar surface area (TPSA) is 56.3 Å². The Kier molecular flexibility index (Phi) is 3.09. The van der Waals surface area contributed by atoms with Crippen molar-refractivity contribution in [3.63, 3.8) is 0 Å². The average molecular weight is 321 g/mol. The zero-order valence-electron chi connectivity index (χ0n) is 12.2. The van der Waals surface area contributed by atoms with Gasteiger partial charge >= 0.3 is 0 Å². The second-order valence-electron chi connectivity index (χ2n) is 5.14. The first kappa shape index (κ1) is 13.8. The fourth-order valence-corrected chi connectivity index (χ4v) is 3.67. The molecule has 1 aliphatic rings. The highest BCUT2D eigenvalue weighted by Gasteiger charge is 2.36. The van der Waals surface area contributed by atoms with E-state index in [1.54, 1.807) is 18.2 Å². The van der Waals surface area contributed by atoms with Gasteiger partial charge in [-0.25, -0.2) is 0 Å². The molecule has 0 spiro atoms. The maximum atomic E-state index is 12.9. The van der Waals surface area contributed by atoms with Crippen molar-refractivity contribution in [1.29, 1.82) is 0 Å². The van der Waals surface area contributed by atoms with Gasteiger partial charge in [0.2, 0.25) is 5.78 Å². The van der Waals surface area contributed by atoms with E-state index in [2.05, 4.69) is 4.37 Å². The van der Waals surface area contributed by atoms with Gasteiger partial charge in [-0.2, -0.15) is 4.37 Å². The van der Waals surface area contributed by atoms with Crippen LogP contribution in [0, 0.1) is 0 Å². The Bertz CT molecular complexity index is 944. The Hall–Kier alpha value is -2.79. The van der Waals surface area contributed by atoms with E-state index in [1.165, 1.54) is 7.11 Å². The normalized spacial score (nSPS) is 12.7. The minimum Gasteiger partial charge on any atom is -0.496 e. The molecule has 0 saturated carbocycles. The molecule has 3 aromatic rings. The molecular formula is C18H11NO3S. The molecule has 0 saturated heterocycles. The molecule has 0 atom stereocenters. The van der Waals surface area contributed by atoms with Crippen LogP contribution in [-0.2, 0) is 0 Å². The number of ether oxygens (including phenoxy) is 1. The van der Waals surface area contributed by atoms with E-state index in [0.29, 0.717) is 33.0 Å². The molecule has 0 aliphatic heterocycles. The molecule has 1 heterocycles. The Balaban J connectivity index is 1.97. The van der Waals surface area contributed by atoms with Gasteiger partial charge in [0, 0.05) is 11.1 Å². The second kappa shape index (κ2) is 5.14. The number of ketones is 2. The van der Waals surface area contributed by atoms with Crippen molar-refractivity contribution in [3.8, 4) is 17.0 Å². The molecule has 4 rings (SSSR count). The van der Waals surface area contributed by atoms with Crippen molar-refractivity contribution in [2.75, 3.05) is 7.11 Å². The van der Waals surface area contributed by atoms with E-state index in [9.17, 15) is 9.59 Å². The monoisotopic (exact) mass is 321 g/mol. The number of rotatable bonds is 2. The minimum atomic E-state index is -0.202. The predicted octanol–water partition coefficient (Wildman–Crippen LogP) is 3.59. The lowest BCUT2D eigenvalue weighted by Crippen LogP contribution is -2.20. The third-order valence-electron chi connectivity index (χ3n) is 3.89. The van der Waals surface area contributed by atoms with E-state index in [0.717, 1.165) is 17.1 Å². The van der Waals surface area contributed by atoms with Crippen LogP contribution < -0.4 is 4.74 Å². The van der Waals surface area contributed by atoms with Crippen LogP contribution in [0.15, 0.2) is 48.5 Å². The van der Waals surface area contributed by atoms with Gasteiger partial charge in [-0.15, -0.1) is 0 Å². The Labute approximate surface area is 136 Å². The Morgan fingerprint density at radius 2 is 1.70 bits per heavy atom. The summed E-state index contributed by atoms with van der Waals surface area (Å²) in [5.41, 5.74) is 2.50. The fraction of sp³-hybridized carbons (Fsp3) is 0.0556. The summed E-state index contributed by atoms with van der Waals surface area (Å²) in [5.74, 6) is 0.0361. The smallest absolute Gasteiger partial charge is 0.209 e. The van der Waals surface area contributed by atoms with E-state index in [-0.39, 0.29) is 11.6 Å². The third-order valence-corrected chi connectivity index (χ3v) is 4.74. The number of nitrogens with zero attached hydrogens (tertiary/aromatic N) is 1. The summed E-state index contributed by atoms with van der Waals surface area (Å²) in [4.78, 5) is 26.1. The van der Waals surface area contributed by atoms with Crippen molar-refractivity contribution in [2.45, 2.75) is 0 Å². The molecule has 1 aliphatic carbocycles. The lowest BCUT2D eigenvalue weighted by Gasteiger charge is -2.17. The molecule has 0 N–H and O–H groups in total. The van der Waals surface area contributed by atoms with Gasteiger partial charge in [0.05, 0.1) is 23.9 Å². The van der Waals surface area contributed by atoms with Crippen molar-refractivity contribution < 1.29 is 14.3 Å². The van der Waals surface area contributed by atoms with Crippen LogP contribution in [-0.4, -0.2) is 23.0 Å². The zero-order chi connectivity index (χ0) is 16.0. The summed E-state index contributed by atoms with van der Waals surface area (Å²) < 4.78 is 9.62. The highest BCUT2D eigenvalue weighted by Crippen LogP contribution is 2.39. The number of methoxy groups -OCH3 is 1. The van der Waals surface area contributed by atoms with Crippen molar-refractivity contribution in [3.05, 3.63) is 70.1 Å². The Morgan fingerprint density at radius 1 is 0.913 bits per heavy atom. The quantitative estimate of drug-likeness (QED) is 0.566. The molecule has 0 fully saturated rings. The van der Waals surface area contributed by atoms with Crippen molar-refractivity contribution in [1.82, 2.24) is 4.37 Å². The van der Waals surface area contributed by atoms with Gasteiger partial charge in [0.25, 0.3) is 0 Å². The van der Waals surface area contributed by atoms with Crippen LogP contribution in [0.3, 0.4) is 0 Å². The van der Waals surface area contributed by atoms with Crippen molar-refractivity contribution in [2.24, 2.45) is 0 Å². The molecule has 5 heteroatoms. The minimum absolute atomic E-state index is 0.180. The van der Waals surface area contributed by atoms with Crippen molar-refractivity contribution >= 4 is 23.1 Å². The second-order valence-corrected chi connectivity index (χ2v) is 5.92. The molecule has 23 heavy (non-hydrogen) atoms. The molecular weight excluding hydrogens is 310 g/mol. The first-order valence-electron chi connectivity index (χ1n) is 7.04. The van der Waals surface area contributed by atoms with Crippen LogP contribution >= 0.6 is 11.5 Å². The third kappa shape index (κ3) is 1.94. The summed E-state index contributed by atoms with van der Waals surface area (Å²) in [6.07, 6.45) is 0. The van der Waals surface area contributed by atoms with Gasteiger partial charge in [-0.05, 0) is 17.6 Å². The number of aromatic nitrogens is 1. The molecule has 0 radical (unpaired) electrons. The molecule has 1 aromatic heterocycles. The number of fused-ring (bicyclic) bond motifs is 2. The van der Waals surface area contributed by atoms with E-state index < -0.39 is 0 Å². The fourth-order valence-electron chi connectivity index (χ4n) is 2.82. The average Bonchev–Trinajstić information content (AvgIpc) is 3.05. The van der Waals surface area contributed by atoms with Crippen LogP contribution in [0.1, 0.15) is 31.2 Å². The van der Waals surface area contributed by atoms with E-state index >= 15 is 0 Å². The van der Waals surface area contributed by atoms with Gasteiger partial charge in [-0.1, -0.05) is 42.5 Å². The van der Waals surface area contributed by atoms with Crippen LogP contribution in [0.2, 0.25) is 0 Å². The molecule has 0 unspecified atom stereocenters. The van der Waals surface area contributed by atoms with Crippen LogP contribution in [0.5, 0.6) is 5.75 Å². The van der Waals surface area contributed by atoms with Crippen LogP contribution in [0.4, 0.5) is 0 Å². The number of carbonyl (C=O) groups excluding carboxylic acids is 2. The molecule has 0 amide bonds. The summed E-state index contributed by atoms with van der Waals surface area (Å²) in [7, 11) is 1.49. The van der Waals surface area contributed by atoms with Gasteiger partial charge in [0.15, 0.2) is 5.78 Å². The highest BCUT2D eigenvalue weighted by atomic mass is 32.1. The molecule has 4 nitrogen and oxygen atoms in total. The molecule has 112 valence electrons. The Morgan fingerprint density at radius 3 is 2.43 bits per heavy atom. The SMILES string of the molecule is COc1cccc2c1C(=O)c1snc(-c3ccccc3)c1C2=O. The largest absolute Gasteiger partial charge is 0.496 e. The highest BCUT2D eigenvalue weighted by molar-refractivity contribution is 7.09. The molecule has 0 bridgehead atoms. The van der Waals surface area contributed by atoms with Gasteiger partial charge in [-0.3, -0.25) is 9.59 Å². The first-order chi connectivity index (χ1) is 11.2. The first-order valence-corrected chi connectivity index (χ1v) is 7.81. The maximum Gasteiger partial charge on any atom is 0.209 e. The lowest BCUT2D eigenvalue weighted by molar-refractivity contribution is 0.0980. The maximum absolute atomic E-state index is 12.9. The summed E-state index contributed by atoms with van der Waals surface area (Å²) >= 11 is 1.07. The van der Waals surface area contributed by atoms with E-state index in [4.69, 9.17) is 4.74 Å². The van der Waals surface area contributed by atoms with Gasteiger partial charge < -0.3 is 4.74 Å². The number of hydrogen-bond donors (Lipinski definition) is 0. The van der Waals surface area contributed by atoms with E-state index in [1.807, 2.05) is 30.3 Å². The standard InChI is InChI=1S/C18H11NO3S/c1-22-12-9-5-8-11-13(12)17(21)18-14(16(11)20)15(19-23-18)10-6-3-2-4-7-10/h2-9H,1H3. The lowest BCUT2D eigenvalue weighted by atomic mass is 9.86. The summed E-state index contributed by atoms with van der Waals surface area (Å²) in [5, 5.41) is 0. The number of benzene rings is 2. The number of hydrogen-bond acceptors (Lipinski definition) is 5. The predicted molar refractivity (Wildman–Crippen MR) is 87.4 cm³/mol.